The molecule has 0 bridgehead atoms. The predicted molar refractivity (Wildman–Crippen MR) is 116 cm³/mol. The minimum atomic E-state index is -0.519. The molecule has 13 nitrogen and oxygen atoms in total. The molecular formula is C19H22N8O5. The fourth-order valence-electron chi connectivity index (χ4n) is 3.69. The van der Waals surface area contributed by atoms with Gasteiger partial charge in [-0.3, -0.25) is 24.0 Å². The minimum absolute atomic E-state index is 0.121. The summed E-state index contributed by atoms with van der Waals surface area (Å²) in [5.74, 6) is 0. The second-order valence-electron chi connectivity index (χ2n) is 7.51. The van der Waals surface area contributed by atoms with E-state index in [1.807, 2.05) is 0 Å². The molecule has 4 rings (SSSR count). The van der Waals surface area contributed by atoms with Crippen molar-refractivity contribution in [3.8, 4) is 0 Å². The van der Waals surface area contributed by atoms with Gasteiger partial charge in [0.25, 0.3) is 5.56 Å². The van der Waals surface area contributed by atoms with Gasteiger partial charge in [-0.15, -0.1) is 0 Å². The fraction of sp³-hybridized carbons (Fsp3) is 0.421. The number of nitro groups is 1. The number of aromatic nitrogens is 6. The van der Waals surface area contributed by atoms with E-state index in [0.29, 0.717) is 35.5 Å². The number of nitrogens with zero attached hydrogens (tertiary/aromatic N) is 7. The van der Waals surface area contributed by atoms with E-state index in [2.05, 4.69) is 25.2 Å². The van der Waals surface area contributed by atoms with Crippen LogP contribution in [0.5, 0.6) is 0 Å². The molecule has 0 aliphatic heterocycles. The molecule has 0 unspecified atom stereocenters. The summed E-state index contributed by atoms with van der Waals surface area (Å²) < 4.78 is 8.91. The zero-order chi connectivity index (χ0) is 22.8. The van der Waals surface area contributed by atoms with E-state index in [0.717, 1.165) is 30.3 Å². The standard InChI is InChI=1S/C19H22N8O5/c1-24-17-16(18(28)25(2)19(24)29)26(11-21-17)10-6-4-3-5-9-20-12-7-8-13(27(30)31)15-14(12)22-32-23-15/h7-8,11,20H,3-6,9-10H2,1-2H3. The second-order valence-corrected chi connectivity index (χ2v) is 7.51. The van der Waals surface area contributed by atoms with Crippen LogP contribution in [0.3, 0.4) is 0 Å². The van der Waals surface area contributed by atoms with Crippen LogP contribution < -0.4 is 16.6 Å². The Labute approximate surface area is 180 Å². The predicted octanol–water partition coefficient (Wildman–Crippen LogP) is 1.55. The van der Waals surface area contributed by atoms with Gasteiger partial charge in [0.2, 0.25) is 5.52 Å². The second kappa shape index (κ2) is 8.61. The van der Waals surface area contributed by atoms with Crippen molar-refractivity contribution in [3.63, 3.8) is 0 Å². The smallest absolute Gasteiger partial charge is 0.332 e. The molecule has 1 aromatic carbocycles. The van der Waals surface area contributed by atoms with E-state index in [9.17, 15) is 19.7 Å². The number of benzene rings is 1. The van der Waals surface area contributed by atoms with Crippen LogP contribution in [0.2, 0.25) is 0 Å². The number of hydrogen-bond acceptors (Lipinski definition) is 9. The van der Waals surface area contributed by atoms with Gasteiger partial charge in [-0.2, -0.15) is 0 Å². The van der Waals surface area contributed by atoms with Crippen LogP contribution in [0, 0.1) is 10.1 Å². The molecule has 0 aliphatic carbocycles. The molecule has 13 heteroatoms. The SMILES string of the molecule is Cn1c(=O)c2c(ncn2CCCCCCNc2ccc([N+](=O)[O-])c3nonc23)n(C)c1=O. The van der Waals surface area contributed by atoms with Gasteiger partial charge < -0.3 is 9.88 Å². The summed E-state index contributed by atoms with van der Waals surface area (Å²) in [6, 6.07) is 2.98. The first kappa shape index (κ1) is 21.2. The molecule has 0 atom stereocenters. The van der Waals surface area contributed by atoms with Crippen LogP contribution >= 0.6 is 0 Å². The highest BCUT2D eigenvalue weighted by Gasteiger charge is 2.19. The average Bonchev–Trinajstić information content (AvgIpc) is 3.43. The number of hydrogen-bond donors (Lipinski definition) is 1. The molecule has 0 saturated heterocycles. The Bertz CT molecular complexity index is 1410. The molecule has 4 aromatic rings. The van der Waals surface area contributed by atoms with Crippen molar-refractivity contribution in [1.82, 2.24) is 29.0 Å². The molecule has 0 fully saturated rings. The number of anilines is 1. The molecule has 0 amide bonds. The maximum absolute atomic E-state index is 12.5. The van der Waals surface area contributed by atoms with Crippen molar-refractivity contribution < 1.29 is 9.55 Å². The highest BCUT2D eigenvalue weighted by molar-refractivity contribution is 5.93. The summed E-state index contributed by atoms with van der Waals surface area (Å²) in [5, 5.41) is 21.6. The van der Waals surface area contributed by atoms with Gasteiger partial charge in [0, 0.05) is 33.3 Å². The third-order valence-electron chi connectivity index (χ3n) is 5.45. The van der Waals surface area contributed by atoms with Gasteiger partial charge >= 0.3 is 11.4 Å². The van der Waals surface area contributed by atoms with Gasteiger partial charge in [0.05, 0.1) is 16.9 Å². The Balaban J connectivity index is 1.29. The zero-order valence-electron chi connectivity index (χ0n) is 17.6. The van der Waals surface area contributed by atoms with Crippen molar-refractivity contribution in [1.29, 1.82) is 0 Å². The summed E-state index contributed by atoms with van der Waals surface area (Å²) in [7, 11) is 3.06. The van der Waals surface area contributed by atoms with Crippen LogP contribution in [-0.4, -0.2) is 40.5 Å². The van der Waals surface area contributed by atoms with Crippen LogP contribution in [0.4, 0.5) is 11.4 Å². The molecule has 1 N–H and O–H groups in total. The third-order valence-corrected chi connectivity index (χ3v) is 5.45. The molecule has 168 valence electrons. The number of rotatable bonds is 9. The van der Waals surface area contributed by atoms with Crippen LogP contribution in [0.25, 0.3) is 22.2 Å². The van der Waals surface area contributed by atoms with Gasteiger partial charge in [0.1, 0.15) is 0 Å². The first-order chi connectivity index (χ1) is 15.4. The Morgan fingerprint density at radius 2 is 1.81 bits per heavy atom. The van der Waals surface area contributed by atoms with Crippen LogP contribution in [-0.2, 0) is 20.6 Å². The Hall–Kier alpha value is -4.03. The van der Waals surface area contributed by atoms with Gasteiger partial charge in [-0.1, -0.05) is 12.8 Å². The van der Waals surface area contributed by atoms with E-state index < -0.39 is 10.6 Å². The topological polar surface area (TPSA) is 156 Å². The van der Waals surface area contributed by atoms with E-state index in [4.69, 9.17) is 0 Å². The summed E-state index contributed by atoms with van der Waals surface area (Å²) >= 11 is 0. The molecule has 0 saturated carbocycles. The lowest BCUT2D eigenvalue weighted by atomic mass is 10.2. The van der Waals surface area contributed by atoms with Crippen LogP contribution in [0.1, 0.15) is 25.7 Å². The highest BCUT2D eigenvalue weighted by Crippen LogP contribution is 2.28. The molecule has 32 heavy (non-hydrogen) atoms. The highest BCUT2D eigenvalue weighted by atomic mass is 16.6. The van der Waals surface area contributed by atoms with Crippen molar-refractivity contribution >= 4 is 33.6 Å². The van der Waals surface area contributed by atoms with Crippen LogP contribution in [0.15, 0.2) is 32.7 Å². The zero-order valence-corrected chi connectivity index (χ0v) is 17.6. The Morgan fingerprint density at radius 1 is 1.06 bits per heavy atom. The number of fused-ring (bicyclic) bond motifs is 2. The maximum Gasteiger partial charge on any atom is 0.332 e. The van der Waals surface area contributed by atoms with Crippen molar-refractivity contribution in [2.24, 2.45) is 14.1 Å². The molecule has 0 aliphatic rings. The normalized spacial score (nSPS) is 11.4. The van der Waals surface area contributed by atoms with Gasteiger partial charge in [0.15, 0.2) is 16.7 Å². The van der Waals surface area contributed by atoms with E-state index in [1.54, 1.807) is 24.0 Å². The lowest BCUT2D eigenvalue weighted by molar-refractivity contribution is -0.383. The fourth-order valence-corrected chi connectivity index (χ4v) is 3.69. The molecule has 3 heterocycles. The number of unbranched alkanes of at least 4 members (excludes halogenated alkanes) is 3. The molecule has 3 aromatic heterocycles. The largest absolute Gasteiger partial charge is 0.383 e. The number of non-ortho nitro benzene ring substituents is 1. The molecule has 0 radical (unpaired) electrons. The summed E-state index contributed by atoms with van der Waals surface area (Å²) in [6.45, 7) is 1.29. The van der Waals surface area contributed by atoms with E-state index in [1.165, 1.54) is 17.7 Å². The summed E-state index contributed by atoms with van der Waals surface area (Å²) in [6.07, 6.45) is 5.22. The number of nitro benzene ring substituents is 1. The summed E-state index contributed by atoms with van der Waals surface area (Å²) in [5.41, 5.74) is 1.03. The summed E-state index contributed by atoms with van der Waals surface area (Å²) in [4.78, 5) is 39.2. The number of nitrogens with one attached hydrogen (secondary N) is 1. The number of aryl methyl sites for hydroxylation is 2. The van der Waals surface area contributed by atoms with E-state index in [-0.39, 0.29) is 16.8 Å². The van der Waals surface area contributed by atoms with Crippen molar-refractivity contribution in [2.75, 3.05) is 11.9 Å². The van der Waals surface area contributed by atoms with Crippen molar-refractivity contribution in [3.05, 3.63) is 49.4 Å². The van der Waals surface area contributed by atoms with E-state index >= 15 is 0 Å². The quantitative estimate of drug-likeness (QED) is 0.231. The van der Waals surface area contributed by atoms with Crippen molar-refractivity contribution in [2.45, 2.75) is 32.2 Å². The maximum atomic E-state index is 12.5. The monoisotopic (exact) mass is 442 g/mol. The van der Waals surface area contributed by atoms with Gasteiger partial charge in [-0.05, 0) is 29.2 Å². The molecular weight excluding hydrogens is 420 g/mol. The number of imidazole rings is 1. The first-order valence-electron chi connectivity index (χ1n) is 10.1. The lowest BCUT2D eigenvalue weighted by Gasteiger charge is -2.08. The van der Waals surface area contributed by atoms with Gasteiger partial charge in [-0.25, -0.2) is 14.4 Å². The Kier molecular flexibility index (Phi) is 5.71. The Morgan fingerprint density at radius 3 is 2.59 bits per heavy atom. The third kappa shape index (κ3) is 3.72. The molecule has 0 spiro atoms. The average molecular weight is 442 g/mol. The minimum Gasteiger partial charge on any atom is -0.383 e. The first-order valence-corrected chi connectivity index (χ1v) is 10.1. The lowest BCUT2D eigenvalue weighted by Crippen LogP contribution is -2.37.